The van der Waals surface area contributed by atoms with E-state index in [9.17, 15) is 15.2 Å². The van der Waals surface area contributed by atoms with Crippen molar-refractivity contribution >= 4 is 17.1 Å². The highest BCUT2D eigenvalue weighted by Crippen LogP contribution is 2.28. The summed E-state index contributed by atoms with van der Waals surface area (Å²) >= 11 is 0. The van der Waals surface area contributed by atoms with Gasteiger partial charge in [-0.3, -0.25) is 16.0 Å². The zero-order valence-corrected chi connectivity index (χ0v) is 11.1. The molecule has 1 aliphatic heterocycles. The number of aliphatic hydroxyl groups is 1. The molecule has 0 aromatic heterocycles. The first-order valence-electron chi connectivity index (χ1n) is 6.28. The smallest absolute Gasteiger partial charge is 0.273 e. The van der Waals surface area contributed by atoms with Gasteiger partial charge in [0.2, 0.25) is 0 Å². The van der Waals surface area contributed by atoms with Gasteiger partial charge in [-0.1, -0.05) is 0 Å². The van der Waals surface area contributed by atoms with E-state index >= 15 is 0 Å². The molecule has 2 atom stereocenters. The van der Waals surface area contributed by atoms with E-state index in [1.54, 1.807) is 13.0 Å². The van der Waals surface area contributed by atoms with Gasteiger partial charge < -0.3 is 20.6 Å². The van der Waals surface area contributed by atoms with Crippen LogP contribution in [0.2, 0.25) is 0 Å². The van der Waals surface area contributed by atoms with Crippen LogP contribution in [0.15, 0.2) is 18.2 Å². The standard InChI is InChI=1S/C12H18N4O4/c1-8-12(17,2-3-20-8)7-14-9-4-10(15-13)6-11(5-9)16(18)19/h4-6,8,14-15,17H,2-3,7,13H2,1H3. The fraction of sp³-hybridized carbons (Fsp3) is 0.500. The molecule has 0 amide bonds. The van der Waals surface area contributed by atoms with Crippen LogP contribution in [0.1, 0.15) is 13.3 Å². The molecular weight excluding hydrogens is 264 g/mol. The van der Waals surface area contributed by atoms with E-state index in [0.717, 1.165) is 0 Å². The molecule has 20 heavy (non-hydrogen) atoms. The molecule has 1 saturated heterocycles. The van der Waals surface area contributed by atoms with Gasteiger partial charge in [0, 0.05) is 37.4 Å². The average molecular weight is 282 g/mol. The Morgan fingerprint density at radius 2 is 2.25 bits per heavy atom. The zero-order valence-electron chi connectivity index (χ0n) is 11.1. The van der Waals surface area contributed by atoms with Crippen molar-refractivity contribution in [2.45, 2.75) is 25.0 Å². The third-order valence-corrected chi connectivity index (χ3v) is 3.55. The maximum atomic E-state index is 10.8. The van der Waals surface area contributed by atoms with Crippen molar-refractivity contribution in [3.05, 3.63) is 28.3 Å². The molecule has 1 aromatic carbocycles. The molecule has 1 fully saturated rings. The van der Waals surface area contributed by atoms with Crippen LogP contribution in [0.4, 0.5) is 17.1 Å². The molecule has 1 aromatic rings. The first kappa shape index (κ1) is 14.5. The summed E-state index contributed by atoms with van der Waals surface area (Å²) in [6.07, 6.45) is 0.249. The number of anilines is 2. The lowest BCUT2D eigenvalue weighted by Gasteiger charge is -2.26. The predicted molar refractivity (Wildman–Crippen MR) is 74.4 cm³/mol. The third-order valence-electron chi connectivity index (χ3n) is 3.55. The fourth-order valence-electron chi connectivity index (χ4n) is 2.16. The molecule has 1 aliphatic rings. The predicted octanol–water partition coefficient (Wildman–Crippen LogP) is 0.832. The second-order valence-electron chi connectivity index (χ2n) is 4.89. The van der Waals surface area contributed by atoms with Gasteiger partial charge in [0.05, 0.1) is 16.7 Å². The van der Waals surface area contributed by atoms with Crippen LogP contribution in [-0.4, -0.2) is 34.9 Å². The molecule has 0 saturated carbocycles. The summed E-state index contributed by atoms with van der Waals surface area (Å²) in [4.78, 5) is 10.3. The van der Waals surface area contributed by atoms with Crippen molar-refractivity contribution in [2.24, 2.45) is 5.84 Å². The Labute approximate surface area is 116 Å². The second-order valence-corrected chi connectivity index (χ2v) is 4.89. The van der Waals surface area contributed by atoms with Crippen LogP contribution in [0.5, 0.6) is 0 Å². The number of nitrogens with two attached hydrogens (primary N) is 1. The monoisotopic (exact) mass is 282 g/mol. The van der Waals surface area contributed by atoms with E-state index < -0.39 is 10.5 Å². The van der Waals surface area contributed by atoms with Gasteiger partial charge in [-0.2, -0.15) is 0 Å². The molecule has 5 N–H and O–H groups in total. The Bertz CT molecular complexity index is 510. The Kier molecular flexibility index (Phi) is 4.07. The van der Waals surface area contributed by atoms with Gasteiger partial charge in [-0.25, -0.2) is 0 Å². The van der Waals surface area contributed by atoms with Gasteiger partial charge in [0.15, 0.2) is 0 Å². The van der Waals surface area contributed by atoms with Gasteiger partial charge in [0.25, 0.3) is 5.69 Å². The molecule has 2 unspecified atom stereocenters. The lowest BCUT2D eigenvalue weighted by atomic mass is 9.96. The van der Waals surface area contributed by atoms with Gasteiger partial charge in [-0.15, -0.1) is 0 Å². The average Bonchev–Trinajstić information content (AvgIpc) is 2.76. The highest BCUT2D eigenvalue weighted by atomic mass is 16.6. The summed E-state index contributed by atoms with van der Waals surface area (Å²) in [5.74, 6) is 5.28. The molecule has 0 radical (unpaired) electrons. The fourth-order valence-corrected chi connectivity index (χ4v) is 2.16. The number of hydrazine groups is 1. The lowest BCUT2D eigenvalue weighted by Crippen LogP contribution is -2.43. The van der Waals surface area contributed by atoms with Crippen molar-refractivity contribution in [1.82, 2.24) is 0 Å². The summed E-state index contributed by atoms with van der Waals surface area (Å²) in [6.45, 7) is 2.55. The summed E-state index contributed by atoms with van der Waals surface area (Å²) in [5, 5.41) is 24.2. The van der Waals surface area contributed by atoms with Crippen LogP contribution >= 0.6 is 0 Å². The SMILES string of the molecule is CC1OCCC1(O)CNc1cc(NN)cc([N+](=O)[O-])c1. The Morgan fingerprint density at radius 1 is 1.55 bits per heavy atom. The molecule has 2 rings (SSSR count). The number of nitrogens with one attached hydrogen (secondary N) is 2. The number of rotatable bonds is 5. The second kappa shape index (κ2) is 5.61. The van der Waals surface area contributed by atoms with E-state index in [1.807, 2.05) is 0 Å². The number of hydrogen-bond acceptors (Lipinski definition) is 7. The lowest BCUT2D eigenvalue weighted by molar-refractivity contribution is -0.384. The van der Waals surface area contributed by atoms with Crippen molar-refractivity contribution < 1.29 is 14.8 Å². The largest absolute Gasteiger partial charge is 0.385 e. The van der Waals surface area contributed by atoms with Crippen LogP contribution in [0.25, 0.3) is 0 Å². The number of benzene rings is 1. The minimum atomic E-state index is -0.971. The van der Waals surface area contributed by atoms with Crippen LogP contribution in [0.3, 0.4) is 0 Å². The van der Waals surface area contributed by atoms with E-state index in [-0.39, 0.29) is 18.3 Å². The van der Waals surface area contributed by atoms with Crippen molar-refractivity contribution in [2.75, 3.05) is 23.9 Å². The zero-order chi connectivity index (χ0) is 14.8. The minimum absolute atomic E-state index is 0.0781. The highest BCUT2D eigenvalue weighted by molar-refractivity contribution is 5.63. The molecule has 0 aliphatic carbocycles. The van der Waals surface area contributed by atoms with Crippen molar-refractivity contribution in [3.8, 4) is 0 Å². The summed E-state index contributed by atoms with van der Waals surface area (Å²) < 4.78 is 5.33. The Morgan fingerprint density at radius 3 is 2.80 bits per heavy atom. The molecular formula is C12H18N4O4. The van der Waals surface area contributed by atoms with E-state index in [4.69, 9.17) is 10.6 Å². The topological polar surface area (TPSA) is 123 Å². The van der Waals surface area contributed by atoms with Crippen LogP contribution < -0.4 is 16.6 Å². The first-order chi connectivity index (χ1) is 9.44. The van der Waals surface area contributed by atoms with E-state index in [0.29, 0.717) is 24.4 Å². The Balaban J connectivity index is 2.13. The van der Waals surface area contributed by atoms with Crippen molar-refractivity contribution in [1.29, 1.82) is 0 Å². The molecule has 1 heterocycles. The van der Waals surface area contributed by atoms with E-state index in [1.165, 1.54) is 12.1 Å². The molecule has 110 valence electrons. The van der Waals surface area contributed by atoms with E-state index in [2.05, 4.69) is 10.7 Å². The summed E-state index contributed by atoms with van der Waals surface area (Å²) in [6, 6.07) is 4.36. The number of nitrogen functional groups attached to an aromatic ring is 1. The molecule has 0 spiro atoms. The number of ether oxygens (including phenoxy) is 1. The maximum Gasteiger partial charge on any atom is 0.273 e. The summed E-state index contributed by atoms with van der Waals surface area (Å²) in [5.41, 5.74) is 2.26. The van der Waals surface area contributed by atoms with Gasteiger partial charge >= 0.3 is 0 Å². The Hall–Kier alpha value is -1.90. The number of hydrogen-bond donors (Lipinski definition) is 4. The maximum absolute atomic E-state index is 10.8. The van der Waals surface area contributed by atoms with Crippen LogP contribution in [-0.2, 0) is 4.74 Å². The molecule has 8 nitrogen and oxygen atoms in total. The number of nitro groups is 1. The molecule has 8 heteroatoms. The van der Waals surface area contributed by atoms with Crippen molar-refractivity contribution in [3.63, 3.8) is 0 Å². The number of nitrogens with zero attached hydrogens (tertiary/aromatic N) is 1. The normalized spacial score (nSPS) is 25.4. The highest BCUT2D eigenvalue weighted by Gasteiger charge is 2.39. The minimum Gasteiger partial charge on any atom is -0.385 e. The third kappa shape index (κ3) is 2.98. The summed E-state index contributed by atoms with van der Waals surface area (Å²) in [7, 11) is 0. The quantitative estimate of drug-likeness (QED) is 0.358. The first-order valence-corrected chi connectivity index (χ1v) is 6.28. The van der Waals surface area contributed by atoms with Crippen LogP contribution in [0, 0.1) is 10.1 Å². The van der Waals surface area contributed by atoms with Gasteiger partial charge in [-0.05, 0) is 13.0 Å². The van der Waals surface area contributed by atoms with Gasteiger partial charge in [0.1, 0.15) is 5.60 Å². The molecule has 0 bridgehead atoms. The number of non-ortho nitro benzene ring substituents is 1. The number of nitro benzene ring substituents is 1.